The van der Waals surface area contributed by atoms with Gasteiger partial charge in [-0.15, -0.1) is 0 Å². The number of imidazole rings is 1. The van der Waals surface area contributed by atoms with Gasteiger partial charge in [0, 0.05) is 25.8 Å². The first-order chi connectivity index (χ1) is 8.63. The zero-order chi connectivity index (χ0) is 13.1. The molecule has 0 saturated carbocycles. The van der Waals surface area contributed by atoms with E-state index in [1.807, 2.05) is 34.1 Å². The van der Waals surface area contributed by atoms with E-state index in [0.717, 1.165) is 17.5 Å². The number of fused-ring (bicyclic) bond motifs is 1. The lowest BCUT2D eigenvalue weighted by Gasteiger charge is -2.06. The van der Waals surface area contributed by atoms with Gasteiger partial charge in [-0.3, -0.25) is 0 Å². The van der Waals surface area contributed by atoms with Crippen LogP contribution < -0.4 is 5.73 Å². The van der Waals surface area contributed by atoms with Crippen LogP contribution in [-0.2, 0) is 11.3 Å². The minimum atomic E-state index is -0.242. The van der Waals surface area contributed by atoms with Crippen LogP contribution in [0.3, 0.4) is 0 Å². The molecule has 0 saturated heterocycles. The Morgan fingerprint density at radius 3 is 3.00 bits per heavy atom. The van der Waals surface area contributed by atoms with Crippen molar-refractivity contribution < 1.29 is 9.13 Å². The normalized spacial score (nSPS) is 11.3. The zero-order valence-electron chi connectivity index (χ0n) is 10.1. The molecule has 2 rings (SSSR count). The first-order valence-electron chi connectivity index (χ1n) is 5.82. The predicted molar refractivity (Wildman–Crippen MR) is 77.9 cm³/mol. The molecular weight excluding hydrogens is 348 g/mol. The largest absolute Gasteiger partial charge is 0.382 e. The van der Waals surface area contributed by atoms with Gasteiger partial charge in [0.1, 0.15) is 5.82 Å². The fourth-order valence-corrected chi connectivity index (χ4v) is 2.29. The summed E-state index contributed by atoms with van der Waals surface area (Å²) in [6.07, 6.45) is 0.830. The third-order valence-corrected chi connectivity index (χ3v) is 3.52. The summed E-state index contributed by atoms with van der Waals surface area (Å²) in [4.78, 5) is 4.24. The molecule has 1 aromatic heterocycles. The zero-order valence-corrected chi connectivity index (χ0v) is 12.3. The van der Waals surface area contributed by atoms with Crippen LogP contribution >= 0.6 is 22.6 Å². The summed E-state index contributed by atoms with van der Waals surface area (Å²) in [5.74, 6) is 0.178. The molecule has 1 heterocycles. The summed E-state index contributed by atoms with van der Waals surface area (Å²) in [7, 11) is 0. The highest BCUT2D eigenvalue weighted by atomic mass is 127. The lowest BCUT2D eigenvalue weighted by atomic mass is 10.3. The van der Waals surface area contributed by atoms with Crippen molar-refractivity contribution in [3.8, 4) is 0 Å². The van der Waals surface area contributed by atoms with E-state index in [0.29, 0.717) is 29.3 Å². The van der Waals surface area contributed by atoms with Crippen molar-refractivity contribution in [1.29, 1.82) is 0 Å². The van der Waals surface area contributed by atoms with E-state index in [1.165, 1.54) is 6.07 Å². The SMILES string of the molecule is CCOCCCn1c(N)nc2cc(I)c(F)cc21. The molecule has 0 atom stereocenters. The number of aryl methyl sites for hydroxylation is 1. The van der Waals surface area contributed by atoms with Crippen molar-refractivity contribution in [3.63, 3.8) is 0 Å². The van der Waals surface area contributed by atoms with Crippen LogP contribution in [-0.4, -0.2) is 22.8 Å². The number of hydrogen-bond acceptors (Lipinski definition) is 3. The number of anilines is 1. The third kappa shape index (κ3) is 2.74. The average molecular weight is 363 g/mol. The van der Waals surface area contributed by atoms with Crippen LogP contribution in [0, 0.1) is 9.39 Å². The number of ether oxygens (including phenoxy) is 1. The topological polar surface area (TPSA) is 53.1 Å². The molecule has 0 fully saturated rings. The van der Waals surface area contributed by atoms with E-state index in [-0.39, 0.29) is 5.82 Å². The van der Waals surface area contributed by atoms with Crippen LogP contribution in [0.25, 0.3) is 11.0 Å². The molecule has 0 unspecified atom stereocenters. The maximum Gasteiger partial charge on any atom is 0.201 e. The van der Waals surface area contributed by atoms with E-state index in [4.69, 9.17) is 10.5 Å². The average Bonchev–Trinajstić information content (AvgIpc) is 2.62. The summed E-state index contributed by atoms with van der Waals surface area (Å²) in [5.41, 5.74) is 7.32. The molecule has 98 valence electrons. The smallest absolute Gasteiger partial charge is 0.201 e. The Balaban J connectivity index is 2.26. The molecule has 2 aromatic rings. The summed E-state index contributed by atoms with van der Waals surface area (Å²) < 4.78 is 21.2. The quantitative estimate of drug-likeness (QED) is 0.657. The van der Waals surface area contributed by atoms with E-state index < -0.39 is 0 Å². The van der Waals surface area contributed by atoms with Gasteiger partial charge in [0.15, 0.2) is 0 Å². The number of aromatic nitrogens is 2. The monoisotopic (exact) mass is 363 g/mol. The van der Waals surface area contributed by atoms with Crippen molar-refractivity contribution in [2.24, 2.45) is 0 Å². The number of rotatable bonds is 5. The Kier molecular flexibility index (Phi) is 4.39. The lowest BCUT2D eigenvalue weighted by Crippen LogP contribution is -2.06. The van der Waals surface area contributed by atoms with Crippen LogP contribution in [0.1, 0.15) is 13.3 Å². The lowest BCUT2D eigenvalue weighted by molar-refractivity contribution is 0.142. The van der Waals surface area contributed by atoms with Gasteiger partial charge in [-0.2, -0.15) is 0 Å². The van der Waals surface area contributed by atoms with Crippen molar-refractivity contribution in [2.75, 3.05) is 18.9 Å². The Labute approximate surface area is 118 Å². The number of nitrogens with two attached hydrogens (primary N) is 1. The molecule has 4 nitrogen and oxygen atoms in total. The van der Waals surface area contributed by atoms with Gasteiger partial charge in [0.05, 0.1) is 14.6 Å². The number of nitrogens with zero attached hydrogens (tertiary/aromatic N) is 2. The Morgan fingerprint density at radius 2 is 2.28 bits per heavy atom. The summed E-state index contributed by atoms with van der Waals surface area (Å²) in [6.45, 7) is 4.01. The molecule has 0 spiro atoms. The summed E-state index contributed by atoms with van der Waals surface area (Å²) >= 11 is 1.95. The number of halogens is 2. The van der Waals surface area contributed by atoms with Crippen LogP contribution in [0.4, 0.5) is 10.3 Å². The third-order valence-electron chi connectivity index (χ3n) is 2.69. The van der Waals surface area contributed by atoms with Crippen LogP contribution in [0.15, 0.2) is 12.1 Å². The van der Waals surface area contributed by atoms with Gasteiger partial charge in [-0.25, -0.2) is 9.37 Å². The number of benzene rings is 1. The van der Waals surface area contributed by atoms with Crippen molar-refractivity contribution in [2.45, 2.75) is 19.9 Å². The van der Waals surface area contributed by atoms with Gasteiger partial charge in [0.25, 0.3) is 0 Å². The summed E-state index contributed by atoms with van der Waals surface area (Å²) in [6, 6.07) is 3.20. The van der Waals surface area contributed by atoms with E-state index in [9.17, 15) is 4.39 Å². The molecule has 1 aromatic carbocycles. The Morgan fingerprint density at radius 1 is 1.50 bits per heavy atom. The molecular formula is C12H15FIN3O. The second-order valence-electron chi connectivity index (χ2n) is 3.93. The van der Waals surface area contributed by atoms with Gasteiger partial charge in [-0.1, -0.05) is 0 Å². The molecule has 2 N–H and O–H groups in total. The van der Waals surface area contributed by atoms with E-state index in [2.05, 4.69) is 4.98 Å². The van der Waals surface area contributed by atoms with Crippen molar-refractivity contribution in [1.82, 2.24) is 9.55 Å². The molecule has 18 heavy (non-hydrogen) atoms. The molecule has 6 heteroatoms. The fraction of sp³-hybridized carbons (Fsp3) is 0.417. The van der Waals surface area contributed by atoms with Gasteiger partial charge >= 0.3 is 0 Å². The van der Waals surface area contributed by atoms with Gasteiger partial charge < -0.3 is 15.0 Å². The first-order valence-corrected chi connectivity index (χ1v) is 6.90. The first kappa shape index (κ1) is 13.5. The maximum absolute atomic E-state index is 13.6. The summed E-state index contributed by atoms with van der Waals surface area (Å²) in [5, 5.41) is 0. The maximum atomic E-state index is 13.6. The van der Waals surface area contributed by atoms with Crippen molar-refractivity contribution in [3.05, 3.63) is 21.5 Å². The van der Waals surface area contributed by atoms with Gasteiger partial charge in [-0.05, 0) is 42.0 Å². The Hall–Kier alpha value is -0.890. The standard InChI is InChI=1S/C12H15FIN3O/c1-2-18-5-3-4-17-11-6-8(13)9(14)7-10(11)16-12(17)15/h6-7H,2-5H2,1H3,(H2,15,16). The molecule has 0 radical (unpaired) electrons. The molecule has 0 aliphatic heterocycles. The highest BCUT2D eigenvalue weighted by Gasteiger charge is 2.11. The number of hydrogen-bond donors (Lipinski definition) is 1. The van der Waals surface area contributed by atoms with E-state index >= 15 is 0 Å². The molecule has 0 aliphatic rings. The van der Waals surface area contributed by atoms with Crippen molar-refractivity contribution >= 4 is 39.6 Å². The highest BCUT2D eigenvalue weighted by molar-refractivity contribution is 14.1. The van der Waals surface area contributed by atoms with Gasteiger partial charge in [0.2, 0.25) is 5.95 Å². The molecule has 0 bridgehead atoms. The second kappa shape index (κ2) is 5.83. The Bertz CT molecular complexity index is 556. The minimum Gasteiger partial charge on any atom is -0.382 e. The predicted octanol–water partition coefficient (Wildman–Crippen LogP) is 2.79. The van der Waals surface area contributed by atoms with E-state index in [1.54, 1.807) is 6.07 Å². The fourth-order valence-electron chi connectivity index (χ4n) is 1.84. The number of nitrogen functional groups attached to an aromatic ring is 1. The molecule has 0 aliphatic carbocycles. The van der Waals surface area contributed by atoms with Crippen LogP contribution in [0.5, 0.6) is 0 Å². The second-order valence-corrected chi connectivity index (χ2v) is 5.09. The highest BCUT2D eigenvalue weighted by Crippen LogP contribution is 2.23. The minimum absolute atomic E-state index is 0.242. The molecule has 0 amide bonds. The van der Waals surface area contributed by atoms with Crippen LogP contribution in [0.2, 0.25) is 0 Å².